The number of carbonyl (C=O) groups is 1. The van der Waals surface area contributed by atoms with E-state index in [4.69, 9.17) is 5.11 Å². The van der Waals surface area contributed by atoms with Crippen LogP contribution in [0.4, 0.5) is 4.39 Å². The number of carboxylic acids is 1. The van der Waals surface area contributed by atoms with Crippen molar-refractivity contribution in [3.63, 3.8) is 0 Å². The van der Waals surface area contributed by atoms with Crippen LogP contribution in [-0.2, 0) is 0 Å². The van der Waals surface area contributed by atoms with Crippen LogP contribution < -0.4 is 0 Å². The smallest absolute Gasteiger partial charge is 0.338 e. The van der Waals surface area contributed by atoms with E-state index in [-0.39, 0.29) is 17.3 Å². The van der Waals surface area contributed by atoms with Crippen LogP contribution in [0.5, 0.6) is 0 Å². The van der Waals surface area contributed by atoms with Crippen LogP contribution in [0.2, 0.25) is 0 Å². The molecule has 1 N–H and O–H groups in total. The Balaban J connectivity index is 1.68. The lowest BCUT2D eigenvalue weighted by Crippen LogP contribution is -2.02. The minimum absolute atomic E-state index is 0.0584. The summed E-state index contributed by atoms with van der Waals surface area (Å²) in [5.41, 5.74) is 3.46. The minimum atomic E-state index is -1.06. The summed E-state index contributed by atoms with van der Waals surface area (Å²) in [6.45, 7) is 1.93. The minimum Gasteiger partial charge on any atom is -0.478 e. The molecule has 27 heavy (non-hydrogen) atoms. The van der Waals surface area contributed by atoms with E-state index in [0.717, 1.165) is 11.1 Å². The van der Waals surface area contributed by atoms with Crippen LogP contribution in [0.25, 0.3) is 16.8 Å². The molecule has 0 spiro atoms. The molecule has 1 atom stereocenters. The lowest BCUT2D eigenvalue weighted by molar-refractivity contribution is 0.0695. The van der Waals surface area contributed by atoms with Gasteiger partial charge in [-0.05, 0) is 17.2 Å². The van der Waals surface area contributed by atoms with Crippen molar-refractivity contribution in [1.29, 1.82) is 0 Å². The van der Waals surface area contributed by atoms with E-state index in [2.05, 4.69) is 10.1 Å². The zero-order valence-electron chi connectivity index (χ0n) is 14.5. The maximum atomic E-state index is 14.7. The van der Waals surface area contributed by atoms with Crippen molar-refractivity contribution in [2.24, 2.45) is 0 Å². The van der Waals surface area contributed by atoms with Crippen molar-refractivity contribution in [3.05, 3.63) is 89.6 Å². The summed E-state index contributed by atoms with van der Waals surface area (Å²) in [7, 11) is 0. The predicted molar refractivity (Wildman–Crippen MR) is 99.3 cm³/mol. The average molecular weight is 361 g/mol. The number of aromatic carboxylic acids is 1. The van der Waals surface area contributed by atoms with Crippen molar-refractivity contribution >= 4 is 11.6 Å². The molecule has 2 heterocycles. The molecule has 0 aliphatic carbocycles. The topological polar surface area (TPSA) is 67.5 Å². The molecule has 4 aromatic rings. The van der Waals surface area contributed by atoms with E-state index < -0.39 is 5.97 Å². The molecule has 0 aliphatic heterocycles. The number of hydrogen-bond donors (Lipinski definition) is 1. The third-order valence-corrected chi connectivity index (χ3v) is 4.60. The summed E-state index contributed by atoms with van der Waals surface area (Å²) in [5.74, 6) is -1.52. The van der Waals surface area contributed by atoms with Crippen molar-refractivity contribution in [2.45, 2.75) is 12.8 Å². The molecule has 0 saturated heterocycles. The Labute approximate surface area is 154 Å². The number of nitrogens with zero attached hydrogens (tertiary/aromatic N) is 3. The highest BCUT2D eigenvalue weighted by Crippen LogP contribution is 2.29. The van der Waals surface area contributed by atoms with Gasteiger partial charge in [0, 0.05) is 29.9 Å². The van der Waals surface area contributed by atoms with Crippen molar-refractivity contribution in [1.82, 2.24) is 14.6 Å². The first-order valence-corrected chi connectivity index (χ1v) is 8.46. The second-order valence-electron chi connectivity index (χ2n) is 6.35. The highest BCUT2D eigenvalue weighted by Gasteiger charge is 2.16. The van der Waals surface area contributed by atoms with Gasteiger partial charge in [0.25, 0.3) is 0 Å². The van der Waals surface area contributed by atoms with Gasteiger partial charge >= 0.3 is 5.97 Å². The number of benzene rings is 2. The lowest BCUT2D eigenvalue weighted by atomic mass is 9.95. The van der Waals surface area contributed by atoms with Gasteiger partial charge in [-0.3, -0.25) is 0 Å². The van der Waals surface area contributed by atoms with Gasteiger partial charge in [-0.25, -0.2) is 18.7 Å². The highest BCUT2D eigenvalue weighted by atomic mass is 19.1. The summed E-state index contributed by atoms with van der Waals surface area (Å²) < 4.78 is 16.1. The summed E-state index contributed by atoms with van der Waals surface area (Å²) in [6.07, 6.45) is 2.71. The van der Waals surface area contributed by atoms with Gasteiger partial charge in [-0.2, -0.15) is 5.10 Å². The first-order chi connectivity index (χ1) is 13.0. The first kappa shape index (κ1) is 16.9. The fourth-order valence-corrected chi connectivity index (χ4v) is 3.04. The quantitative estimate of drug-likeness (QED) is 0.585. The van der Waals surface area contributed by atoms with Crippen LogP contribution in [0.1, 0.15) is 34.5 Å². The predicted octanol–water partition coefficient (Wildman–Crippen LogP) is 4.39. The van der Waals surface area contributed by atoms with Gasteiger partial charge in [-0.1, -0.05) is 49.4 Å². The molecular formula is C21H16FN3O2. The van der Waals surface area contributed by atoms with E-state index in [9.17, 15) is 9.18 Å². The number of rotatable bonds is 4. The lowest BCUT2D eigenvalue weighted by Gasteiger charge is -2.11. The van der Waals surface area contributed by atoms with Crippen LogP contribution in [0.3, 0.4) is 0 Å². The first-order valence-electron chi connectivity index (χ1n) is 8.46. The van der Waals surface area contributed by atoms with Crippen LogP contribution in [0, 0.1) is 5.82 Å². The fraction of sp³-hybridized carbons (Fsp3) is 0.0952. The van der Waals surface area contributed by atoms with Crippen molar-refractivity contribution in [3.8, 4) is 11.1 Å². The van der Waals surface area contributed by atoms with Crippen molar-refractivity contribution in [2.75, 3.05) is 0 Å². The summed E-state index contributed by atoms with van der Waals surface area (Å²) in [4.78, 5) is 15.2. The van der Waals surface area contributed by atoms with E-state index in [1.165, 1.54) is 23.0 Å². The van der Waals surface area contributed by atoms with Crippen molar-refractivity contribution < 1.29 is 14.3 Å². The molecule has 0 radical (unpaired) electrons. The Bertz CT molecular complexity index is 1140. The molecule has 2 aromatic carbocycles. The van der Waals surface area contributed by atoms with Crippen LogP contribution in [0.15, 0.2) is 67.0 Å². The average Bonchev–Trinajstić information content (AvgIpc) is 3.11. The Kier molecular flexibility index (Phi) is 4.16. The number of hydrogen-bond acceptors (Lipinski definition) is 3. The second kappa shape index (κ2) is 6.64. The fourth-order valence-electron chi connectivity index (χ4n) is 3.04. The van der Waals surface area contributed by atoms with Crippen LogP contribution in [-0.4, -0.2) is 25.7 Å². The molecule has 6 heteroatoms. The zero-order valence-corrected chi connectivity index (χ0v) is 14.5. The van der Waals surface area contributed by atoms with Gasteiger partial charge in [0.05, 0.1) is 11.3 Å². The molecule has 0 bridgehead atoms. The number of halogens is 1. The number of fused-ring (bicyclic) bond motifs is 1. The molecule has 0 amide bonds. The number of aromatic nitrogens is 3. The molecule has 2 aromatic heterocycles. The second-order valence-corrected chi connectivity index (χ2v) is 6.35. The van der Waals surface area contributed by atoms with Gasteiger partial charge in [-0.15, -0.1) is 0 Å². The van der Waals surface area contributed by atoms with E-state index in [1.807, 2.05) is 43.3 Å². The Morgan fingerprint density at radius 1 is 1.15 bits per heavy atom. The van der Waals surface area contributed by atoms with E-state index in [0.29, 0.717) is 16.9 Å². The van der Waals surface area contributed by atoms with Gasteiger partial charge in [0.15, 0.2) is 5.65 Å². The summed E-state index contributed by atoms with van der Waals surface area (Å²) >= 11 is 0. The molecule has 0 aliphatic rings. The maximum Gasteiger partial charge on any atom is 0.338 e. The Morgan fingerprint density at radius 2 is 1.93 bits per heavy atom. The van der Waals surface area contributed by atoms with Gasteiger partial charge < -0.3 is 5.11 Å². The standard InChI is InChI=1S/C21H16FN3O2/c1-13(19-10-20-23-11-16(21(26)27)12-25(20)24-19)15-7-8-17(18(22)9-15)14-5-3-2-4-6-14/h2-13H,1H3,(H,26,27). The number of carboxylic acid groups (broad SMARTS) is 1. The third-order valence-electron chi connectivity index (χ3n) is 4.60. The molecule has 5 nitrogen and oxygen atoms in total. The van der Waals surface area contributed by atoms with E-state index >= 15 is 0 Å². The molecule has 4 rings (SSSR count). The Hall–Kier alpha value is -3.54. The van der Waals surface area contributed by atoms with E-state index in [1.54, 1.807) is 12.1 Å². The van der Waals surface area contributed by atoms with Gasteiger partial charge in [0.2, 0.25) is 0 Å². The van der Waals surface area contributed by atoms with Crippen LogP contribution >= 0.6 is 0 Å². The third kappa shape index (κ3) is 3.17. The summed E-state index contributed by atoms with van der Waals surface area (Å²) in [5, 5.41) is 13.5. The molecule has 0 fully saturated rings. The monoisotopic (exact) mass is 361 g/mol. The zero-order chi connectivity index (χ0) is 19.0. The Morgan fingerprint density at radius 3 is 2.63 bits per heavy atom. The SMILES string of the molecule is CC(c1ccc(-c2ccccc2)c(F)c1)c1cc2ncc(C(=O)O)cn2n1. The molecule has 0 saturated carbocycles. The highest BCUT2D eigenvalue weighted by molar-refractivity contribution is 5.87. The normalized spacial score (nSPS) is 12.2. The molecule has 134 valence electrons. The summed E-state index contributed by atoms with van der Waals surface area (Å²) in [6, 6.07) is 16.3. The maximum absolute atomic E-state index is 14.7. The van der Waals surface area contributed by atoms with Gasteiger partial charge in [0.1, 0.15) is 5.82 Å². The molecular weight excluding hydrogens is 345 g/mol. The molecule has 1 unspecified atom stereocenters. The largest absolute Gasteiger partial charge is 0.478 e.